The van der Waals surface area contributed by atoms with Gasteiger partial charge in [-0.15, -0.1) is 0 Å². The minimum Gasteiger partial charge on any atom is -0.358 e. The van der Waals surface area contributed by atoms with Gasteiger partial charge >= 0.3 is 0 Å². The van der Waals surface area contributed by atoms with Gasteiger partial charge in [-0.1, -0.05) is 0 Å². The first-order valence-electron chi connectivity index (χ1n) is 3.28. The quantitative estimate of drug-likeness (QED) is 0.588. The van der Waals surface area contributed by atoms with E-state index in [-0.39, 0.29) is 5.78 Å². The average Bonchev–Trinajstić information content (AvgIpc) is 2.14. The number of aromatic amines is 1. The number of H-pyrrole nitrogens is 1. The summed E-state index contributed by atoms with van der Waals surface area (Å²) >= 11 is 0. The van der Waals surface area contributed by atoms with Crippen LogP contribution in [0.3, 0.4) is 0 Å². The van der Waals surface area contributed by atoms with Crippen molar-refractivity contribution in [2.75, 3.05) is 0 Å². The van der Waals surface area contributed by atoms with Crippen molar-refractivity contribution in [1.29, 1.82) is 0 Å². The zero-order chi connectivity index (χ0) is 7.72. The second-order valence-electron chi connectivity index (χ2n) is 2.53. The topological polar surface area (TPSA) is 32.9 Å². The molecule has 54 valence electrons. The molecule has 0 aromatic carbocycles. The molecule has 1 heterocycles. The van der Waals surface area contributed by atoms with Gasteiger partial charge in [-0.3, -0.25) is 4.79 Å². The van der Waals surface area contributed by atoms with E-state index in [1.165, 1.54) is 0 Å². The fourth-order valence-electron chi connectivity index (χ4n) is 0.960. The minimum atomic E-state index is 0.102. The summed E-state index contributed by atoms with van der Waals surface area (Å²) in [6, 6.07) is 0. The van der Waals surface area contributed by atoms with Crippen molar-refractivity contribution in [3.05, 3.63) is 23.0 Å². The Morgan fingerprint density at radius 2 is 2.10 bits per heavy atom. The SMILES string of the molecule is CC(=O)c1[nH]cc(C)c1C. The van der Waals surface area contributed by atoms with E-state index < -0.39 is 0 Å². The lowest BCUT2D eigenvalue weighted by Gasteiger charge is -1.91. The number of aromatic nitrogens is 1. The van der Waals surface area contributed by atoms with Gasteiger partial charge in [-0.2, -0.15) is 0 Å². The highest BCUT2D eigenvalue weighted by Crippen LogP contribution is 2.10. The largest absolute Gasteiger partial charge is 0.358 e. The normalized spacial score (nSPS) is 9.90. The molecule has 0 atom stereocenters. The van der Waals surface area contributed by atoms with Crippen molar-refractivity contribution in [2.45, 2.75) is 20.8 Å². The lowest BCUT2D eigenvalue weighted by molar-refractivity contribution is 0.101. The maximum atomic E-state index is 10.8. The summed E-state index contributed by atoms with van der Waals surface area (Å²) in [4.78, 5) is 13.8. The number of aryl methyl sites for hydroxylation is 1. The van der Waals surface area contributed by atoms with Crippen LogP contribution in [0.4, 0.5) is 0 Å². The Morgan fingerprint density at radius 1 is 1.50 bits per heavy atom. The third-order valence-corrected chi connectivity index (χ3v) is 1.75. The smallest absolute Gasteiger partial charge is 0.176 e. The number of rotatable bonds is 1. The number of carbonyl (C=O) groups is 1. The molecular weight excluding hydrogens is 126 g/mol. The summed E-state index contributed by atoms with van der Waals surface area (Å²) in [5, 5.41) is 0. The summed E-state index contributed by atoms with van der Waals surface area (Å²) in [6.07, 6.45) is 1.85. The van der Waals surface area contributed by atoms with E-state index in [2.05, 4.69) is 4.98 Å². The minimum absolute atomic E-state index is 0.102. The number of hydrogen-bond donors (Lipinski definition) is 1. The molecule has 0 saturated carbocycles. The predicted octanol–water partition coefficient (Wildman–Crippen LogP) is 1.83. The molecule has 0 fully saturated rings. The number of nitrogens with one attached hydrogen (secondary N) is 1. The van der Waals surface area contributed by atoms with Gasteiger partial charge in [0.05, 0.1) is 5.69 Å². The number of hydrogen-bond acceptors (Lipinski definition) is 1. The maximum absolute atomic E-state index is 10.8. The summed E-state index contributed by atoms with van der Waals surface area (Å²) in [6.45, 7) is 5.50. The van der Waals surface area contributed by atoms with Gasteiger partial charge in [-0.05, 0) is 25.0 Å². The van der Waals surface area contributed by atoms with Gasteiger partial charge in [-0.25, -0.2) is 0 Å². The van der Waals surface area contributed by atoms with Crippen molar-refractivity contribution in [1.82, 2.24) is 4.98 Å². The summed E-state index contributed by atoms with van der Waals surface area (Å²) < 4.78 is 0. The number of ketones is 1. The number of Topliss-reactive ketones (excluding diaryl/α,β-unsaturated/α-hetero) is 1. The molecule has 1 aromatic rings. The Labute approximate surface area is 60.3 Å². The Morgan fingerprint density at radius 3 is 2.30 bits per heavy atom. The first-order chi connectivity index (χ1) is 4.63. The van der Waals surface area contributed by atoms with Gasteiger partial charge in [0, 0.05) is 13.1 Å². The van der Waals surface area contributed by atoms with Crippen molar-refractivity contribution in [3.8, 4) is 0 Å². The molecule has 0 saturated heterocycles. The summed E-state index contributed by atoms with van der Waals surface area (Å²) in [5.74, 6) is 0.102. The lowest BCUT2D eigenvalue weighted by Crippen LogP contribution is -1.94. The van der Waals surface area contributed by atoms with Crippen LogP contribution < -0.4 is 0 Å². The second-order valence-corrected chi connectivity index (χ2v) is 2.53. The fraction of sp³-hybridized carbons (Fsp3) is 0.375. The molecule has 0 amide bonds. The maximum Gasteiger partial charge on any atom is 0.176 e. The molecule has 2 nitrogen and oxygen atoms in total. The van der Waals surface area contributed by atoms with Gasteiger partial charge in [0.1, 0.15) is 0 Å². The molecule has 2 heteroatoms. The number of carbonyl (C=O) groups excluding carboxylic acids is 1. The molecule has 1 rings (SSSR count). The second kappa shape index (κ2) is 2.29. The van der Waals surface area contributed by atoms with Crippen LogP contribution >= 0.6 is 0 Å². The summed E-state index contributed by atoms with van der Waals surface area (Å²) in [7, 11) is 0. The van der Waals surface area contributed by atoms with E-state index in [0.717, 1.165) is 16.8 Å². The average molecular weight is 137 g/mol. The van der Waals surface area contributed by atoms with Crippen LogP contribution in [0.25, 0.3) is 0 Å². The summed E-state index contributed by atoms with van der Waals surface area (Å²) in [5.41, 5.74) is 2.94. The molecule has 10 heavy (non-hydrogen) atoms. The molecule has 0 aliphatic heterocycles. The van der Waals surface area contributed by atoms with Crippen molar-refractivity contribution in [3.63, 3.8) is 0 Å². The fourth-order valence-corrected chi connectivity index (χ4v) is 0.960. The van der Waals surface area contributed by atoms with E-state index in [9.17, 15) is 4.79 Å². The molecule has 0 spiro atoms. The van der Waals surface area contributed by atoms with Crippen LogP contribution in [-0.2, 0) is 0 Å². The van der Waals surface area contributed by atoms with E-state index in [1.807, 2.05) is 20.0 Å². The van der Waals surface area contributed by atoms with Gasteiger partial charge in [0.15, 0.2) is 5.78 Å². The predicted molar refractivity (Wildman–Crippen MR) is 40.3 cm³/mol. The lowest BCUT2D eigenvalue weighted by atomic mass is 10.1. The van der Waals surface area contributed by atoms with Crippen molar-refractivity contribution in [2.24, 2.45) is 0 Å². The van der Waals surface area contributed by atoms with E-state index in [1.54, 1.807) is 6.92 Å². The van der Waals surface area contributed by atoms with Gasteiger partial charge in [0.2, 0.25) is 0 Å². The standard InChI is InChI=1S/C8H11NO/c1-5-4-9-8(6(5)2)7(3)10/h4,9H,1-3H3. The molecule has 1 N–H and O–H groups in total. The van der Waals surface area contributed by atoms with E-state index in [0.29, 0.717) is 0 Å². The Hall–Kier alpha value is -1.05. The third kappa shape index (κ3) is 0.967. The molecular formula is C8H11NO. The Kier molecular flexibility index (Phi) is 1.62. The highest BCUT2D eigenvalue weighted by atomic mass is 16.1. The highest BCUT2D eigenvalue weighted by molar-refractivity contribution is 5.93. The van der Waals surface area contributed by atoms with Crippen molar-refractivity contribution < 1.29 is 4.79 Å². The zero-order valence-electron chi connectivity index (χ0n) is 6.49. The van der Waals surface area contributed by atoms with Crippen LogP contribution in [0.1, 0.15) is 28.5 Å². The zero-order valence-corrected chi connectivity index (χ0v) is 6.49. The Balaban J connectivity index is 3.17. The van der Waals surface area contributed by atoms with Crippen LogP contribution in [0, 0.1) is 13.8 Å². The monoisotopic (exact) mass is 137 g/mol. The molecule has 1 aromatic heterocycles. The molecule has 0 aliphatic carbocycles. The van der Waals surface area contributed by atoms with Gasteiger partial charge < -0.3 is 4.98 Å². The third-order valence-electron chi connectivity index (χ3n) is 1.75. The molecule has 0 aliphatic rings. The van der Waals surface area contributed by atoms with Crippen molar-refractivity contribution >= 4 is 5.78 Å². The first kappa shape index (κ1) is 7.06. The molecule has 0 bridgehead atoms. The Bertz CT molecular complexity index is 260. The molecule has 0 unspecified atom stereocenters. The first-order valence-corrected chi connectivity index (χ1v) is 3.28. The van der Waals surface area contributed by atoms with Gasteiger partial charge in [0.25, 0.3) is 0 Å². The van der Waals surface area contributed by atoms with Crippen LogP contribution in [0.15, 0.2) is 6.20 Å². The van der Waals surface area contributed by atoms with Crippen LogP contribution in [0.5, 0.6) is 0 Å². The van der Waals surface area contributed by atoms with E-state index in [4.69, 9.17) is 0 Å². The highest BCUT2D eigenvalue weighted by Gasteiger charge is 2.05. The van der Waals surface area contributed by atoms with E-state index >= 15 is 0 Å². The molecule has 0 radical (unpaired) electrons. The van der Waals surface area contributed by atoms with Crippen LogP contribution in [0.2, 0.25) is 0 Å². The van der Waals surface area contributed by atoms with Crippen LogP contribution in [-0.4, -0.2) is 10.8 Å².